The van der Waals surface area contributed by atoms with Gasteiger partial charge in [0.1, 0.15) is 24.1 Å². The van der Waals surface area contributed by atoms with Gasteiger partial charge in [-0.05, 0) is 50.4 Å². The Kier molecular flexibility index (Phi) is 21.4. The number of piperazine rings is 1. The van der Waals surface area contributed by atoms with Gasteiger partial charge in [-0.25, -0.2) is 15.0 Å². The number of aromatic nitrogens is 3. The number of imide groups is 1. The van der Waals surface area contributed by atoms with Gasteiger partial charge in [-0.1, -0.05) is 36.3 Å². The summed E-state index contributed by atoms with van der Waals surface area (Å²) < 4.78 is 33.3. The van der Waals surface area contributed by atoms with E-state index in [0.717, 1.165) is 69.8 Å². The largest absolute Gasteiger partial charge is 0.379 e. The summed E-state index contributed by atoms with van der Waals surface area (Å²) in [7, 11) is 0. The molecular formula is C42H60N8O10S. The zero-order valence-corrected chi connectivity index (χ0v) is 35.9. The molecule has 2 aliphatic rings. The minimum atomic E-state index is -0.416. The number of hydrogen-bond donors (Lipinski definition) is 3. The molecule has 3 aromatic rings. The molecule has 2 aliphatic heterocycles. The first-order valence-corrected chi connectivity index (χ1v) is 21.9. The van der Waals surface area contributed by atoms with Crippen LogP contribution < -0.4 is 20.9 Å². The highest BCUT2D eigenvalue weighted by atomic mass is 32.1. The van der Waals surface area contributed by atoms with Crippen molar-refractivity contribution in [2.24, 2.45) is 0 Å². The molecule has 2 fully saturated rings. The standard InChI is InChI=1S/C42H60N8O10S/c1-32-44-37(47-42-43-29-35(30-51)61-42)28-38(45-32)50-14-12-49(13-15-50)11-4-2-3-5-16-55-17-18-56-19-20-57-21-22-58-23-24-59-25-26-60-31-40(53)46-34-8-6-7-33(27-34)36-9-10-39(52)48-41(36)54/h6-8,27-30,36H,2-5,9-26,31H2,1H3,(H,46,53)(H,48,52,54)(H,43,44,45,47). The quantitative estimate of drug-likeness (QED) is 0.0496. The predicted molar refractivity (Wildman–Crippen MR) is 230 cm³/mol. The summed E-state index contributed by atoms with van der Waals surface area (Å²) in [6, 6.07) is 9.00. The van der Waals surface area contributed by atoms with Crippen LogP contribution >= 0.6 is 11.3 Å². The Morgan fingerprint density at radius 1 is 0.836 bits per heavy atom. The highest BCUT2D eigenvalue weighted by molar-refractivity contribution is 7.17. The van der Waals surface area contributed by atoms with Gasteiger partial charge in [-0.2, -0.15) is 0 Å². The van der Waals surface area contributed by atoms with Crippen molar-refractivity contribution in [3.8, 4) is 0 Å². The minimum Gasteiger partial charge on any atom is -0.379 e. The second kappa shape index (κ2) is 27.5. The molecule has 18 nitrogen and oxygen atoms in total. The summed E-state index contributed by atoms with van der Waals surface area (Å²) in [6.45, 7) is 11.9. The van der Waals surface area contributed by atoms with E-state index in [9.17, 15) is 19.2 Å². The first kappa shape index (κ1) is 47.6. The Morgan fingerprint density at radius 2 is 1.49 bits per heavy atom. The van der Waals surface area contributed by atoms with Gasteiger partial charge in [0.05, 0.1) is 83.1 Å². The first-order valence-electron chi connectivity index (χ1n) is 21.1. The summed E-state index contributed by atoms with van der Waals surface area (Å²) in [5, 5.41) is 8.95. The van der Waals surface area contributed by atoms with Crippen LogP contribution in [0.2, 0.25) is 0 Å². The lowest BCUT2D eigenvalue weighted by Crippen LogP contribution is -2.47. The van der Waals surface area contributed by atoms with Crippen LogP contribution in [0.5, 0.6) is 0 Å². The molecule has 4 heterocycles. The second-order valence-electron chi connectivity index (χ2n) is 14.5. The Hall–Kier alpha value is -4.47. The maximum Gasteiger partial charge on any atom is 0.250 e. The number of aldehydes is 1. The fraction of sp³-hybridized carbons (Fsp3) is 0.595. The van der Waals surface area contributed by atoms with E-state index in [-0.39, 0.29) is 30.9 Å². The van der Waals surface area contributed by atoms with Crippen LogP contribution in [0.4, 0.5) is 22.5 Å². The van der Waals surface area contributed by atoms with Gasteiger partial charge in [-0.15, -0.1) is 0 Å². The Labute approximate surface area is 361 Å². The SMILES string of the molecule is Cc1nc(Nc2ncc(C=O)s2)cc(N2CCN(CCCCCCOCCOCCOCCOCCOCCOCC(=O)Nc3cccc(C4CCC(=O)NC4=O)c3)CC2)n1. The lowest BCUT2D eigenvalue weighted by atomic mass is 9.90. The number of anilines is 4. The third-order valence-corrected chi connectivity index (χ3v) is 10.7. The highest BCUT2D eigenvalue weighted by Gasteiger charge is 2.28. The molecule has 0 spiro atoms. The molecule has 0 saturated carbocycles. The molecule has 19 heteroatoms. The van der Waals surface area contributed by atoms with E-state index in [2.05, 4.69) is 40.7 Å². The lowest BCUT2D eigenvalue weighted by Gasteiger charge is -2.35. The number of rotatable bonds is 30. The number of hydrogen-bond acceptors (Lipinski definition) is 17. The van der Waals surface area contributed by atoms with Gasteiger partial charge < -0.3 is 44.0 Å². The summed E-state index contributed by atoms with van der Waals surface area (Å²) in [4.78, 5) is 65.6. The maximum atomic E-state index is 12.3. The van der Waals surface area contributed by atoms with Crippen molar-refractivity contribution in [1.82, 2.24) is 25.2 Å². The van der Waals surface area contributed by atoms with E-state index >= 15 is 0 Å². The zero-order valence-electron chi connectivity index (χ0n) is 35.1. The average molecular weight is 869 g/mol. The topological polar surface area (TPSA) is 205 Å². The molecule has 3 N–H and O–H groups in total. The van der Waals surface area contributed by atoms with E-state index in [0.29, 0.717) is 99.6 Å². The third kappa shape index (κ3) is 18.2. The van der Waals surface area contributed by atoms with E-state index in [1.54, 1.807) is 24.4 Å². The molecule has 61 heavy (non-hydrogen) atoms. The van der Waals surface area contributed by atoms with Crippen molar-refractivity contribution >= 4 is 57.8 Å². The summed E-state index contributed by atoms with van der Waals surface area (Å²) in [5.41, 5.74) is 1.31. The van der Waals surface area contributed by atoms with E-state index in [1.807, 2.05) is 19.1 Å². The number of amides is 3. The number of unbranched alkanes of at least 4 members (excludes halogenated alkanes) is 3. The van der Waals surface area contributed by atoms with Crippen LogP contribution in [0.1, 0.15) is 65.5 Å². The molecule has 0 bridgehead atoms. The maximum absolute atomic E-state index is 12.3. The molecule has 1 unspecified atom stereocenters. The van der Waals surface area contributed by atoms with Crippen molar-refractivity contribution in [3.63, 3.8) is 0 Å². The van der Waals surface area contributed by atoms with Crippen LogP contribution in [-0.4, -0.2) is 156 Å². The molecule has 2 saturated heterocycles. The summed E-state index contributed by atoms with van der Waals surface area (Å²) in [6.07, 6.45) is 7.64. The van der Waals surface area contributed by atoms with Gasteiger partial charge in [0, 0.05) is 51.0 Å². The van der Waals surface area contributed by atoms with Crippen molar-refractivity contribution in [2.75, 3.05) is 128 Å². The molecule has 5 rings (SSSR count). The number of aryl methyl sites for hydroxylation is 1. The summed E-state index contributed by atoms with van der Waals surface area (Å²) >= 11 is 1.29. The molecule has 0 radical (unpaired) electrons. The van der Waals surface area contributed by atoms with Crippen LogP contribution in [-0.2, 0) is 42.8 Å². The molecule has 1 aromatic carbocycles. The molecule has 334 valence electrons. The molecule has 2 aromatic heterocycles. The van der Waals surface area contributed by atoms with Crippen molar-refractivity contribution in [2.45, 2.75) is 51.4 Å². The number of nitrogens with zero attached hydrogens (tertiary/aromatic N) is 5. The van der Waals surface area contributed by atoms with Gasteiger partial charge >= 0.3 is 0 Å². The third-order valence-electron chi connectivity index (χ3n) is 9.81. The minimum absolute atomic E-state index is 0.129. The number of ether oxygens (including phenoxy) is 6. The Balaban J connectivity index is 0.738. The lowest BCUT2D eigenvalue weighted by molar-refractivity contribution is -0.134. The molecule has 3 amide bonds. The molecule has 1 atom stereocenters. The zero-order chi connectivity index (χ0) is 42.9. The van der Waals surface area contributed by atoms with Crippen LogP contribution in [0.25, 0.3) is 0 Å². The summed E-state index contributed by atoms with van der Waals surface area (Å²) in [5.74, 6) is 0.960. The van der Waals surface area contributed by atoms with Gasteiger partial charge in [0.2, 0.25) is 17.7 Å². The average Bonchev–Trinajstić information content (AvgIpc) is 3.71. The van der Waals surface area contributed by atoms with Crippen molar-refractivity contribution in [1.29, 1.82) is 0 Å². The molecule has 0 aliphatic carbocycles. The number of carbonyl (C=O) groups is 4. The van der Waals surface area contributed by atoms with Crippen LogP contribution in [0.3, 0.4) is 0 Å². The highest BCUT2D eigenvalue weighted by Crippen LogP contribution is 2.27. The predicted octanol–water partition coefficient (Wildman–Crippen LogP) is 3.74. The van der Waals surface area contributed by atoms with Crippen molar-refractivity contribution in [3.05, 3.63) is 52.8 Å². The second-order valence-corrected chi connectivity index (χ2v) is 15.6. The Bertz CT molecular complexity index is 1790. The normalized spacial score (nSPS) is 15.8. The van der Waals surface area contributed by atoms with Gasteiger partial charge in [0.25, 0.3) is 0 Å². The first-order chi connectivity index (χ1) is 29.9. The van der Waals surface area contributed by atoms with Gasteiger partial charge in [0.15, 0.2) is 11.4 Å². The van der Waals surface area contributed by atoms with E-state index < -0.39 is 5.92 Å². The van der Waals surface area contributed by atoms with E-state index in [4.69, 9.17) is 28.4 Å². The van der Waals surface area contributed by atoms with Gasteiger partial charge in [-0.3, -0.25) is 29.4 Å². The fourth-order valence-electron chi connectivity index (χ4n) is 6.69. The van der Waals surface area contributed by atoms with E-state index in [1.165, 1.54) is 24.2 Å². The number of benzene rings is 1. The molecular weight excluding hydrogens is 809 g/mol. The number of piperidine rings is 1. The van der Waals surface area contributed by atoms with Crippen LogP contribution in [0, 0.1) is 6.92 Å². The number of carbonyl (C=O) groups excluding carboxylic acids is 4. The number of nitrogens with one attached hydrogen (secondary N) is 3. The van der Waals surface area contributed by atoms with Crippen molar-refractivity contribution < 1.29 is 47.6 Å². The monoisotopic (exact) mass is 868 g/mol. The van der Waals surface area contributed by atoms with Crippen LogP contribution in [0.15, 0.2) is 36.5 Å². The smallest absolute Gasteiger partial charge is 0.250 e. The fourth-order valence-corrected chi connectivity index (χ4v) is 7.32. The number of thiazole rings is 1. The Morgan fingerprint density at radius 3 is 2.15 bits per heavy atom.